The number of piperazine rings is 1. The number of aromatic hydroxyl groups is 1. The smallest absolute Gasteiger partial charge is 0.311 e. The lowest BCUT2D eigenvalue weighted by Crippen LogP contribution is -2.45. The Morgan fingerprint density at radius 1 is 1.45 bits per heavy atom. The zero-order chi connectivity index (χ0) is 14.5. The Kier molecular flexibility index (Phi) is 4.92. The third-order valence-electron chi connectivity index (χ3n) is 3.74. The number of nitro benzene ring substituents is 1. The Balaban J connectivity index is 2.28. The van der Waals surface area contributed by atoms with Gasteiger partial charge in [0.1, 0.15) is 0 Å². The van der Waals surface area contributed by atoms with Crippen LogP contribution in [-0.4, -0.2) is 41.1 Å². The molecule has 1 aromatic carbocycles. The maximum Gasteiger partial charge on any atom is 0.311 e. The summed E-state index contributed by atoms with van der Waals surface area (Å²) in [4.78, 5) is 12.8. The molecule has 0 radical (unpaired) electrons. The van der Waals surface area contributed by atoms with Crippen molar-refractivity contribution in [1.29, 1.82) is 0 Å². The third kappa shape index (κ3) is 3.26. The summed E-state index contributed by atoms with van der Waals surface area (Å²) in [5.74, 6) is -0.269. The molecule has 1 aromatic rings. The Morgan fingerprint density at radius 2 is 2.15 bits per heavy atom. The van der Waals surface area contributed by atoms with Crippen molar-refractivity contribution in [3.05, 3.63) is 33.9 Å². The van der Waals surface area contributed by atoms with E-state index < -0.39 is 4.92 Å². The van der Waals surface area contributed by atoms with Crippen LogP contribution in [0.5, 0.6) is 5.75 Å². The normalized spacial score (nSPS) is 17.9. The maximum absolute atomic E-state index is 11.0. The Hall–Kier alpha value is -1.66. The van der Waals surface area contributed by atoms with Crippen LogP contribution in [0.1, 0.15) is 31.4 Å². The predicted octanol–water partition coefficient (Wildman–Crippen LogP) is 2.05. The monoisotopic (exact) mass is 279 g/mol. The number of nitro groups is 1. The van der Waals surface area contributed by atoms with Crippen LogP contribution in [0.4, 0.5) is 5.69 Å². The fourth-order valence-corrected chi connectivity index (χ4v) is 2.72. The quantitative estimate of drug-likeness (QED) is 0.637. The van der Waals surface area contributed by atoms with Crippen LogP contribution >= 0.6 is 0 Å². The first-order valence-electron chi connectivity index (χ1n) is 7.05. The molecular weight excluding hydrogens is 258 g/mol. The van der Waals surface area contributed by atoms with Crippen LogP contribution in [-0.2, 0) is 0 Å². The second kappa shape index (κ2) is 6.67. The Labute approximate surface area is 118 Å². The summed E-state index contributed by atoms with van der Waals surface area (Å²) in [7, 11) is 0. The number of phenols is 1. The fraction of sp³-hybridized carbons (Fsp3) is 0.571. The van der Waals surface area contributed by atoms with E-state index in [0.29, 0.717) is 0 Å². The molecule has 1 fully saturated rings. The Bertz CT molecular complexity index is 473. The highest BCUT2D eigenvalue weighted by atomic mass is 16.6. The minimum atomic E-state index is -0.528. The third-order valence-corrected chi connectivity index (χ3v) is 3.74. The van der Waals surface area contributed by atoms with Crippen molar-refractivity contribution < 1.29 is 10.0 Å². The summed E-state index contributed by atoms with van der Waals surface area (Å²) in [6.45, 7) is 5.89. The molecule has 0 unspecified atom stereocenters. The van der Waals surface area contributed by atoms with Gasteiger partial charge in [0.05, 0.1) is 4.92 Å². The van der Waals surface area contributed by atoms with Crippen LogP contribution in [0.25, 0.3) is 0 Å². The molecule has 1 atom stereocenters. The van der Waals surface area contributed by atoms with E-state index in [-0.39, 0.29) is 17.5 Å². The highest BCUT2D eigenvalue weighted by Crippen LogP contribution is 2.33. The number of nitrogens with one attached hydrogen (secondary N) is 1. The van der Waals surface area contributed by atoms with Gasteiger partial charge < -0.3 is 10.4 Å². The van der Waals surface area contributed by atoms with Gasteiger partial charge in [0, 0.05) is 38.3 Å². The number of benzene rings is 1. The van der Waals surface area contributed by atoms with Crippen molar-refractivity contribution in [3.63, 3.8) is 0 Å². The van der Waals surface area contributed by atoms with Gasteiger partial charge in [0.15, 0.2) is 5.75 Å². The van der Waals surface area contributed by atoms with Gasteiger partial charge in [-0.15, -0.1) is 0 Å². The summed E-state index contributed by atoms with van der Waals surface area (Å²) in [5, 5.41) is 23.8. The number of nitrogens with zero attached hydrogens (tertiary/aromatic N) is 2. The van der Waals surface area contributed by atoms with E-state index in [0.717, 1.165) is 44.6 Å². The van der Waals surface area contributed by atoms with E-state index in [9.17, 15) is 15.2 Å². The molecular formula is C14H21N3O3. The van der Waals surface area contributed by atoms with Crippen molar-refractivity contribution in [2.75, 3.05) is 26.2 Å². The lowest BCUT2D eigenvalue weighted by atomic mass is 9.99. The first kappa shape index (κ1) is 14.7. The van der Waals surface area contributed by atoms with Gasteiger partial charge in [0.2, 0.25) is 0 Å². The lowest BCUT2D eigenvalue weighted by molar-refractivity contribution is -0.386. The van der Waals surface area contributed by atoms with Crippen LogP contribution in [0.2, 0.25) is 0 Å². The molecule has 6 nitrogen and oxygen atoms in total. The topological polar surface area (TPSA) is 78.6 Å². The summed E-state index contributed by atoms with van der Waals surface area (Å²) in [5.41, 5.74) is 0.706. The molecule has 0 saturated carbocycles. The molecule has 1 heterocycles. The number of phenolic OH excluding ortho intramolecular Hbond substituents is 1. The van der Waals surface area contributed by atoms with E-state index in [4.69, 9.17) is 0 Å². The molecule has 110 valence electrons. The minimum Gasteiger partial charge on any atom is -0.502 e. The van der Waals surface area contributed by atoms with Crippen molar-refractivity contribution in [3.8, 4) is 5.75 Å². The van der Waals surface area contributed by atoms with Crippen LogP contribution in [0.15, 0.2) is 18.2 Å². The molecule has 1 aliphatic heterocycles. The zero-order valence-electron chi connectivity index (χ0n) is 11.7. The predicted molar refractivity (Wildman–Crippen MR) is 76.9 cm³/mol. The van der Waals surface area contributed by atoms with Gasteiger partial charge in [-0.1, -0.05) is 19.4 Å². The number of hydrogen-bond donors (Lipinski definition) is 2. The van der Waals surface area contributed by atoms with Gasteiger partial charge in [-0.2, -0.15) is 0 Å². The van der Waals surface area contributed by atoms with Crippen molar-refractivity contribution in [1.82, 2.24) is 10.2 Å². The van der Waals surface area contributed by atoms with E-state index in [1.165, 1.54) is 12.1 Å². The highest BCUT2D eigenvalue weighted by molar-refractivity contribution is 5.48. The molecule has 1 aliphatic rings. The van der Waals surface area contributed by atoms with E-state index >= 15 is 0 Å². The number of hydrogen-bond acceptors (Lipinski definition) is 5. The molecule has 20 heavy (non-hydrogen) atoms. The Morgan fingerprint density at radius 3 is 2.75 bits per heavy atom. The van der Waals surface area contributed by atoms with E-state index in [1.807, 2.05) is 0 Å². The first-order valence-corrected chi connectivity index (χ1v) is 7.05. The van der Waals surface area contributed by atoms with Gasteiger partial charge in [0.25, 0.3) is 0 Å². The standard InChI is InChI=1S/C14H21N3O3/c1-2-3-12(16-8-6-15-7-9-16)11-4-5-14(18)13(10-11)17(19)20/h4-5,10,12,15,18H,2-3,6-9H2,1H3/t12-/m0/s1. The van der Waals surface area contributed by atoms with Gasteiger partial charge in [-0.05, 0) is 18.1 Å². The molecule has 2 N–H and O–H groups in total. The van der Waals surface area contributed by atoms with E-state index in [1.54, 1.807) is 6.07 Å². The van der Waals surface area contributed by atoms with Crippen molar-refractivity contribution in [2.24, 2.45) is 0 Å². The SMILES string of the molecule is CCC[C@@H](c1ccc(O)c([N+](=O)[O-])c1)N1CCNCC1. The zero-order valence-corrected chi connectivity index (χ0v) is 11.7. The van der Waals surface area contributed by atoms with Crippen molar-refractivity contribution >= 4 is 5.69 Å². The summed E-state index contributed by atoms with van der Waals surface area (Å²) in [6.07, 6.45) is 1.98. The van der Waals surface area contributed by atoms with Gasteiger partial charge in [-0.25, -0.2) is 0 Å². The molecule has 6 heteroatoms. The van der Waals surface area contributed by atoms with Gasteiger partial charge >= 0.3 is 5.69 Å². The molecule has 1 saturated heterocycles. The minimum absolute atomic E-state index is 0.182. The summed E-state index contributed by atoms with van der Waals surface area (Å²) in [6, 6.07) is 4.92. The molecule has 0 aromatic heterocycles. The van der Waals surface area contributed by atoms with Crippen LogP contribution in [0.3, 0.4) is 0 Å². The molecule has 0 amide bonds. The van der Waals surface area contributed by atoms with Crippen LogP contribution in [0, 0.1) is 10.1 Å². The summed E-state index contributed by atoms with van der Waals surface area (Å²) >= 11 is 0. The molecule has 2 rings (SSSR count). The summed E-state index contributed by atoms with van der Waals surface area (Å²) < 4.78 is 0. The average Bonchev–Trinajstić information content (AvgIpc) is 2.46. The molecule has 0 spiro atoms. The average molecular weight is 279 g/mol. The van der Waals surface area contributed by atoms with Crippen LogP contribution < -0.4 is 5.32 Å². The molecule has 0 bridgehead atoms. The second-order valence-electron chi connectivity index (χ2n) is 5.10. The second-order valence-corrected chi connectivity index (χ2v) is 5.10. The first-order chi connectivity index (χ1) is 9.63. The van der Waals surface area contributed by atoms with E-state index in [2.05, 4.69) is 17.1 Å². The van der Waals surface area contributed by atoms with Crippen molar-refractivity contribution in [2.45, 2.75) is 25.8 Å². The lowest BCUT2D eigenvalue weighted by Gasteiger charge is -2.35. The fourth-order valence-electron chi connectivity index (χ4n) is 2.72. The highest BCUT2D eigenvalue weighted by Gasteiger charge is 2.24. The largest absolute Gasteiger partial charge is 0.502 e. The number of rotatable bonds is 5. The van der Waals surface area contributed by atoms with Gasteiger partial charge in [-0.3, -0.25) is 15.0 Å². The maximum atomic E-state index is 11.0. The molecule has 0 aliphatic carbocycles.